The van der Waals surface area contributed by atoms with Crippen LogP contribution in [0.15, 0.2) is 72.3 Å². The maximum Gasteiger partial charge on any atom is 0.343 e. The number of H-pyrrole nitrogens is 1. The van der Waals surface area contributed by atoms with Crippen LogP contribution in [0.4, 0.5) is 5.69 Å². The van der Waals surface area contributed by atoms with E-state index >= 15 is 0 Å². The molecule has 0 amide bonds. The molecule has 0 saturated carbocycles. The molecule has 0 aliphatic rings. The number of aromatic amines is 1. The first-order valence-corrected chi connectivity index (χ1v) is 9.41. The summed E-state index contributed by atoms with van der Waals surface area (Å²) in [5.74, 6) is -2.92. The minimum atomic E-state index is -1.46. The third-order valence-electron chi connectivity index (χ3n) is 5.10. The van der Waals surface area contributed by atoms with Gasteiger partial charge >= 0.3 is 11.9 Å². The fourth-order valence-corrected chi connectivity index (χ4v) is 3.57. The number of rotatable bonds is 6. The molecule has 0 aliphatic heterocycles. The average Bonchev–Trinajstić information content (AvgIpc) is 3.10. The molecule has 1 aromatic heterocycles. The van der Waals surface area contributed by atoms with E-state index in [1.807, 2.05) is 31.3 Å². The lowest BCUT2D eigenvalue weighted by molar-refractivity contribution is -0.140. The van der Waals surface area contributed by atoms with Gasteiger partial charge in [-0.25, -0.2) is 9.59 Å². The van der Waals surface area contributed by atoms with E-state index in [4.69, 9.17) is 10.2 Å². The van der Waals surface area contributed by atoms with E-state index in [1.54, 1.807) is 12.1 Å². The molecule has 30 heavy (non-hydrogen) atoms. The highest BCUT2D eigenvalue weighted by atomic mass is 16.4. The molecule has 0 spiro atoms. The summed E-state index contributed by atoms with van der Waals surface area (Å²) < 4.78 is 0. The number of hydrogen-bond donors (Lipinski definition) is 3. The summed E-state index contributed by atoms with van der Waals surface area (Å²) in [6.45, 7) is 0.695. The molecular weight excluding hydrogens is 380 g/mol. The molecule has 3 N–H and O–H groups in total. The third kappa shape index (κ3) is 3.75. The summed E-state index contributed by atoms with van der Waals surface area (Å²) in [5, 5.41) is 20.3. The third-order valence-corrected chi connectivity index (χ3v) is 5.10. The number of carboxylic acid groups (broad SMARTS) is 2. The van der Waals surface area contributed by atoms with Crippen molar-refractivity contribution in [2.24, 2.45) is 0 Å². The Kier molecular flexibility index (Phi) is 4.98. The summed E-state index contributed by atoms with van der Waals surface area (Å²) in [6, 6.07) is 21.7. The van der Waals surface area contributed by atoms with Crippen molar-refractivity contribution < 1.29 is 19.8 Å². The van der Waals surface area contributed by atoms with Gasteiger partial charge < -0.3 is 20.1 Å². The van der Waals surface area contributed by atoms with E-state index in [0.717, 1.165) is 28.4 Å². The Labute approximate surface area is 172 Å². The van der Waals surface area contributed by atoms with Crippen molar-refractivity contribution in [3.05, 3.63) is 83.4 Å². The van der Waals surface area contributed by atoms with Gasteiger partial charge in [0.05, 0.1) is 0 Å². The number of aromatic nitrogens is 1. The van der Waals surface area contributed by atoms with E-state index in [1.165, 1.54) is 10.8 Å². The number of fused-ring (bicyclic) bond motifs is 3. The maximum atomic E-state index is 11.0. The summed E-state index contributed by atoms with van der Waals surface area (Å²) in [6.07, 6.45) is 1.15. The van der Waals surface area contributed by atoms with Crippen LogP contribution in [0, 0.1) is 0 Å². The van der Waals surface area contributed by atoms with Gasteiger partial charge in [0.15, 0.2) is 0 Å². The van der Waals surface area contributed by atoms with E-state index in [0.29, 0.717) is 12.1 Å². The molecule has 0 fully saturated rings. The molecule has 4 rings (SSSR count). The minimum Gasteiger partial charge on any atom is -0.477 e. The fourth-order valence-electron chi connectivity index (χ4n) is 3.57. The average molecular weight is 400 g/mol. The van der Waals surface area contributed by atoms with Crippen LogP contribution in [0.3, 0.4) is 0 Å². The number of carbonyl (C=O) groups is 2. The molecule has 6 heteroatoms. The summed E-state index contributed by atoms with van der Waals surface area (Å²) in [4.78, 5) is 27.5. The summed E-state index contributed by atoms with van der Waals surface area (Å²) in [7, 11) is 1.98. The maximum absolute atomic E-state index is 11.0. The Morgan fingerprint density at radius 3 is 2.27 bits per heavy atom. The molecule has 6 nitrogen and oxygen atoms in total. The highest BCUT2D eigenvalue weighted by Gasteiger charge is 2.15. The van der Waals surface area contributed by atoms with E-state index in [2.05, 4.69) is 40.2 Å². The molecule has 4 aromatic rings. The van der Waals surface area contributed by atoms with Crippen LogP contribution in [0.5, 0.6) is 0 Å². The molecule has 0 atom stereocenters. The van der Waals surface area contributed by atoms with Crippen molar-refractivity contribution in [2.45, 2.75) is 6.54 Å². The largest absolute Gasteiger partial charge is 0.477 e. The van der Waals surface area contributed by atoms with E-state index in [-0.39, 0.29) is 0 Å². The number of carboxylic acids is 2. The molecule has 0 unspecified atom stereocenters. The van der Waals surface area contributed by atoms with Crippen molar-refractivity contribution in [3.8, 4) is 0 Å². The Bertz CT molecular complexity index is 1270. The van der Waals surface area contributed by atoms with Gasteiger partial charge in [0, 0.05) is 41.1 Å². The van der Waals surface area contributed by atoms with Gasteiger partial charge in [-0.2, -0.15) is 0 Å². The smallest absolute Gasteiger partial charge is 0.343 e. The lowest BCUT2D eigenvalue weighted by atomic mass is 10.1. The normalized spacial score (nSPS) is 10.8. The van der Waals surface area contributed by atoms with Crippen molar-refractivity contribution in [1.82, 2.24) is 4.98 Å². The molecule has 0 radical (unpaired) electrons. The monoisotopic (exact) mass is 400 g/mol. The lowest BCUT2D eigenvalue weighted by Gasteiger charge is -2.19. The van der Waals surface area contributed by atoms with Crippen LogP contribution in [-0.4, -0.2) is 34.2 Å². The van der Waals surface area contributed by atoms with Crippen molar-refractivity contribution >= 4 is 45.5 Å². The van der Waals surface area contributed by atoms with Crippen molar-refractivity contribution in [1.29, 1.82) is 0 Å². The number of hydrogen-bond acceptors (Lipinski definition) is 3. The summed E-state index contributed by atoms with van der Waals surface area (Å²) >= 11 is 0. The number of anilines is 1. The first-order valence-electron chi connectivity index (χ1n) is 9.41. The van der Waals surface area contributed by atoms with Gasteiger partial charge in [0.2, 0.25) is 0 Å². The Morgan fingerprint density at radius 2 is 1.57 bits per heavy atom. The van der Waals surface area contributed by atoms with E-state index < -0.39 is 17.5 Å². The molecular formula is C24H20N2O4. The second-order valence-corrected chi connectivity index (χ2v) is 7.17. The molecule has 1 heterocycles. The van der Waals surface area contributed by atoms with Gasteiger partial charge in [0.1, 0.15) is 5.57 Å². The molecule has 150 valence electrons. The molecule has 0 bridgehead atoms. The molecule has 0 saturated heterocycles. The number of benzene rings is 3. The van der Waals surface area contributed by atoms with Crippen LogP contribution >= 0.6 is 0 Å². The zero-order valence-electron chi connectivity index (χ0n) is 16.3. The van der Waals surface area contributed by atoms with Gasteiger partial charge in [-0.3, -0.25) is 0 Å². The fraction of sp³-hybridized carbons (Fsp3) is 0.0833. The van der Waals surface area contributed by atoms with Gasteiger partial charge in [-0.05, 0) is 47.5 Å². The quantitative estimate of drug-likeness (QED) is 0.252. The second kappa shape index (κ2) is 7.75. The Hall–Kier alpha value is -4.06. The number of para-hydroxylation sites is 1. The van der Waals surface area contributed by atoms with Crippen LogP contribution < -0.4 is 4.90 Å². The Balaban J connectivity index is 1.56. The highest BCUT2D eigenvalue weighted by Crippen LogP contribution is 2.27. The van der Waals surface area contributed by atoms with Crippen molar-refractivity contribution in [3.63, 3.8) is 0 Å². The predicted octanol–water partition coefficient (Wildman–Crippen LogP) is 4.51. The predicted molar refractivity (Wildman–Crippen MR) is 118 cm³/mol. The van der Waals surface area contributed by atoms with Gasteiger partial charge in [-0.15, -0.1) is 0 Å². The van der Waals surface area contributed by atoms with Gasteiger partial charge in [-0.1, -0.05) is 36.4 Å². The lowest BCUT2D eigenvalue weighted by Crippen LogP contribution is -2.16. The summed E-state index contributed by atoms with van der Waals surface area (Å²) in [5.41, 5.74) is 4.18. The van der Waals surface area contributed by atoms with Crippen LogP contribution in [0.2, 0.25) is 0 Å². The highest BCUT2D eigenvalue weighted by molar-refractivity contribution is 6.16. The van der Waals surface area contributed by atoms with Crippen LogP contribution in [0.1, 0.15) is 11.1 Å². The number of nitrogens with zero attached hydrogens (tertiary/aromatic N) is 1. The first-order chi connectivity index (χ1) is 14.4. The standard InChI is InChI=1S/C24H20N2O4/c1-26(17-9-6-15(7-10-17)12-20(23(27)28)24(29)30)14-16-8-11-22-19(13-16)18-4-2-3-5-21(18)25-22/h2-13,25H,14H2,1H3,(H,27,28)(H,29,30). The molecule has 3 aromatic carbocycles. The van der Waals surface area contributed by atoms with Crippen molar-refractivity contribution in [2.75, 3.05) is 11.9 Å². The number of nitrogens with one attached hydrogen (secondary N) is 1. The molecule has 0 aliphatic carbocycles. The zero-order valence-corrected chi connectivity index (χ0v) is 16.3. The minimum absolute atomic E-state index is 0.521. The van der Waals surface area contributed by atoms with Crippen LogP contribution in [-0.2, 0) is 16.1 Å². The second-order valence-electron chi connectivity index (χ2n) is 7.17. The Morgan fingerprint density at radius 1 is 0.900 bits per heavy atom. The van der Waals surface area contributed by atoms with Crippen LogP contribution in [0.25, 0.3) is 27.9 Å². The number of aliphatic carboxylic acids is 2. The van der Waals surface area contributed by atoms with Gasteiger partial charge in [0.25, 0.3) is 0 Å². The SMILES string of the molecule is CN(Cc1ccc2[nH]c3ccccc3c2c1)c1ccc(C=C(C(=O)O)C(=O)O)cc1. The first kappa shape index (κ1) is 19.3. The zero-order chi connectivity index (χ0) is 21.3. The van der Waals surface area contributed by atoms with E-state index in [9.17, 15) is 9.59 Å². The topological polar surface area (TPSA) is 93.6 Å².